The van der Waals surface area contributed by atoms with E-state index in [1.165, 1.54) is 0 Å². The fourth-order valence-corrected chi connectivity index (χ4v) is 3.20. The molecule has 0 aliphatic rings. The Bertz CT molecular complexity index is 652. The number of halogens is 3. The van der Waals surface area contributed by atoms with Crippen molar-refractivity contribution in [3.8, 4) is 0 Å². The lowest BCUT2D eigenvalue weighted by molar-refractivity contribution is 0.751. The van der Waals surface area contributed by atoms with E-state index >= 15 is 0 Å². The molecule has 0 bridgehead atoms. The SMILES string of the molecule is Cc1ccc(Cn2cc(Br)cc(Br)c2=O)c(Cl)c1. The van der Waals surface area contributed by atoms with E-state index in [0.717, 1.165) is 15.6 Å². The normalized spacial score (nSPS) is 10.7. The van der Waals surface area contributed by atoms with Crippen molar-refractivity contribution in [3.63, 3.8) is 0 Å². The van der Waals surface area contributed by atoms with Crippen LogP contribution in [0.4, 0.5) is 0 Å². The van der Waals surface area contributed by atoms with Crippen LogP contribution in [0.25, 0.3) is 0 Å². The second-order valence-corrected chi connectivity index (χ2v) is 6.21. The monoisotopic (exact) mass is 389 g/mol. The average molecular weight is 391 g/mol. The molecule has 0 amide bonds. The van der Waals surface area contributed by atoms with E-state index in [1.54, 1.807) is 16.8 Å². The van der Waals surface area contributed by atoms with Gasteiger partial charge in [0.1, 0.15) is 0 Å². The largest absolute Gasteiger partial charge is 0.309 e. The van der Waals surface area contributed by atoms with Crippen molar-refractivity contribution < 1.29 is 0 Å². The summed E-state index contributed by atoms with van der Waals surface area (Å²) in [6.45, 7) is 2.44. The number of aryl methyl sites for hydroxylation is 1. The van der Waals surface area contributed by atoms with E-state index in [0.29, 0.717) is 16.0 Å². The number of benzene rings is 1. The molecule has 18 heavy (non-hydrogen) atoms. The van der Waals surface area contributed by atoms with Gasteiger partial charge in [0, 0.05) is 15.7 Å². The summed E-state index contributed by atoms with van der Waals surface area (Å²) in [5.74, 6) is 0. The predicted molar refractivity (Wildman–Crippen MR) is 81.4 cm³/mol. The van der Waals surface area contributed by atoms with Gasteiger partial charge in [0.2, 0.25) is 0 Å². The molecule has 1 heterocycles. The lowest BCUT2D eigenvalue weighted by Gasteiger charge is -2.09. The Morgan fingerprint density at radius 1 is 1.28 bits per heavy atom. The minimum atomic E-state index is -0.0742. The molecule has 0 N–H and O–H groups in total. The molecule has 0 spiro atoms. The number of nitrogens with zero attached hydrogens (tertiary/aromatic N) is 1. The Morgan fingerprint density at radius 2 is 2.00 bits per heavy atom. The molecule has 2 aromatic rings. The third kappa shape index (κ3) is 3.05. The first-order valence-electron chi connectivity index (χ1n) is 5.28. The van der Waals surface area contributed by atoms with E-state index in [9.17, 15) is 4.79 Å². The smallest absolute Gasteiger partial charge is 0.265 e. The topological polar surface area (TPSA) is 22.0 Å². The van der Waals surface area contributed by atoms with Crippen molar-refractivity contribution in [1.82, 2.24) is 4.57 Å². The fraction of sp³-hybridized carbons (Fsp3) is 0.154. The Labute approximate surface area is 127 Å². The maximum absolute atomic E-state index is 12.0. The van der Waals surface area contributed by atoms with E-state index < -0.39 is 0 Å². The summed E-state index contributed by atoms with van der Waals surface area (Å²) in [7, 11) is 0. The molecule has 94 valence electrons. The average Bonchev–Trinajstić information content (AvgIpc) is 2.29. The molecule has 1 aromatic carbocycles. The highest BCUT2D eigenvalue weighted by Crippen LogP contribution is 2.19. The van der Waals surface area contributed by atoms with Gasteiger partial charge >= 0.3 is 0 Å². The van der Waals surface area contributed by atoms with Gasteiger partial charge in [-0.15, -0.1) is 0 Å². The van der Waals surface area contributed by atoms with Crippen LogP contribution < -0.4 is 5.56 Å². The minimum Gasteiger partial charge on any atom is -0.309 e. The third-order valence-electron chi connectivity index (χ3n) is 2.56. The first-order chi connectivity index (χ1) is 8.47. The second-order valence-electron chi connectivity index (χ2n) is 4.03. The zero-order chi connectivity index (χ0) is 13.3. The van der Waals surface area contributed by atoms with Crippen LogP contribution in [0.1, 0.15) is 11.1 Å². The highest BCUT2D eigenvalue weighted by atomic mass is 79.9. The van der Waals surface area contributed by atoms with Crippen LogP contribution in [-0.2, 0) is 6.54 Å². The summed E-state index contributed by atoms with van der Waals surface area (Å²) in [5, 5.41) is 0.679. The minimum absolute atomic E-state index is 0.0742. The standard InChI is InChI=1S/C13H10Br2ClNO/c1-8-2-3-9(12(16)4-8)6-17-7-10(14)5-11(15)13(17)18/h2-5,7H,6H2,1H3. The molecule has 5 heteroatoms. The molecular weight excluding hydrogens is 381 g/mol. The highest BCUT2D eigenvalue weighted by molar-refractivity contribution is 9.11. The maximum atomic E-state index is 12.0. The summed E-state index contributed by atoms with van der Waals surface area (Å²) in [6, 6.07) is 7.56. The van der Waals surface area contributed by atoms with Crippen LogP contribution in [0.15, 0.2) is 44.2 Å². The lowest BCUT2D eigenvalue weighted by atomic mass is 10.1. The highest BCUT2D eigenvalue weighted by Gasteiger charge is 2.06. The van der Waals surface area contributed by atoms with Gasteiger partial charge in [0.15, 0.2) is 0 Å². The number of pyridine rings is 1. The van der Waals surface area contributed by atoms with Gasteiger partial charge in [-0.1, -0.05) is 23.7 Å². The van der Waals surface area contributed by atoms with E-state index in [2.05, 4.69) is 31.9 Å². The van der Waals surface area contributed by atoms with E-state index in [1.807, 2.05) is 25.1 Å². The van der Waals surface area contributed by atoms with Crippen molar-refractivity contribution in [2.24, 2.45) is 0 Å². The molecule has 0 aliphatic heterocycles. The molecule has 0 atom stereocenters. The summed E-state index contributed by atoms with van der Waals surface area (Å²) in [5.41, 5.74) is 1.95. The van der Waals surface area contributed by atoms with E-state index in [-0.39, 0.29) is 5.56 Å². The first kappa shape index (κ1) is 13.8. The van der Waals surface area contributed by atoms with Crippen molar-refractivity contribution in [2.75, 3.05) is 0 Å². The van der Waals surface area contributed by atoms with Crippen LogP contribution in [0.2, 0.25) is 5.02 Å². The van der Waals surface area contributed by atoms with Gasteiger partial charge in [-0.2, -0.15) is 0 Å². The zero-order valence-electron chi connectivity index (χ0n) is 9.58. The molecule has 1 aromatic heterocycles. The zero-order valence-corrected chi connectivity index (χ0v) is 13.5. The van der Waals surface area contributed by atoms with Gasteiger partial charge in [0.25, 0.3) is 5.56 Å². The fourth-order valence-electron chi connectivity index (χ4n) is 1.65. The van der Waals surface area contributed by atoms with Crippen LogP contribution in [0.5, 0.6) is 0 Å². The summed E-state index contributed by atoms with van der Waals surface area (Å²) in [4.78, 5) is 12.0. The van der Waals surface area contributed by atoms with Crippen molar-refractivity contribution >= 4 is 43.5 Å². The van der Waals surface area contributed by atoms with Gasteiger partial charge < -0.3 is 4.57 Å². The molecular formula is C13H10Br2ClNO. The summed E-state index contributed by atoms with van der Waals surface area (Å²) >= 11 is 12.8. The predicted octanol–water partition coefficient (Wildman–Crippen LogP) is 4.38. The molecule has 0 aliphatic carbocycles. The molecule has 2 nitrogen and oxygen atoms in total. The molecule has 0 unspecified atom stereocenters. The molecule has 0 radical (unpaired) electrons. The Kier molecular flexibility index (Phi) is 4.30. The quantitative estimate of drug-likeness (QED) is 0.745. The van der Waals surface area contributed by atoms with Crippen LogP contribution in [-0.4, -0.2) is 4.57 Å². The number of hydrogen-bond donors (Lipinski definition) is 0. The molecule has 0 saturated carbocycles. The van der Waals surface area contributed by atoms with Crippen molar-refractivity contribution in [1.29, 1.82) is 0 Å². The maximum Gasteiger partial charge on any atom is 0.265 e. The number of hydrogen-bond acceptors (Lipinski definition) is 1. The second kappa shape index (κ2) is 5.59. The Hall–Kier alpha value is -0.580. The Balaban J connectivity index is 2.43. The van der Waals surface area contributed by atoms with Gasteiger partial charge in [-0.3, -0.25) is 4.79 Å². The molecule has 2 rings (SSSR count). The molecule has 0 saturated heterocycles. The van der Waals surface area contributed by atoms with Crippen LogP contribution >= 0.6 is 43.5 Å². The number of aromatic nitrogens is 1. The van der Waals surface area contributed by atoms with E-state index in [4.69, 9.17) is 11.6 Å². The molecule has 0 fully saturated rings. The summed E-state index contributed by atoms with van der Waals surface area (Å²) < 4.78 is 2.99. The van der Waals surface area contributed by atoms with Crippen LogP contribution in [0, 0.1) is 6.92 Å². The number of rotatable bonds is 2. The van der Waals surface area contributed by atoms with Gasteiger partial charge in [-0.25, -0.2) is 0 Å². The van der Waals surface area contributed by atoms with Crippen molar-refractivity contribution in [2.45, 2.75) is 13.5 Å². The lowest BCUT2D eigenvalue weighted by Crippen LogP contribution is -2.20. The summed E-state index contributed by atoms with van der Waals surface area (Å²) in [6.07, 6.45) is 1.75. The third-order valence-corrected chi connectivity index (χ3v) is 3.91. The van der Waals surface area contributed by atoms with Crippen molar-refractivity contribution in [3.05, 3.63) is 65.9 Å². The first-order valence-corrected chi connectivity index (χ1v) is 7.24. The van der Waals surface area contributed by atoms with Gasteiger partial charge in [0.05, 0.1) is 11.0 Å². The Morgan fingerprint density at radius 3 is 2.67 bits per heavy atom. The van der Waals surface area contributed by atoms with Crippen LogP contribution in [0.3, 0.4) is 0 Å². The van der Waals surface area contributed by atoms with Gasteiger partial charge in [-0.05, 0) is 62.0 Å².